The zero-order valence-electron chi connectivity index (χ0n) is 19.3. The number of para-hydroxylation sites is 1. The number of benzene rings is 2. The highest BCUT2D eigenvalue weighted by Crippen LogP contribution is 2.23. The number of nitrogens with one attached hydrogen (secondary N) is 1. The SMILES string of the molecule is COc1ccc(C(=O)NCc2nnc(SCC(=O)N3CCN(C)CC3)n2-c2ccccc2)cc1. The lowest BCUT2D eigenvalue weighted by atomic mass is 10.2. The first kappa shape index (κ1) is 23.8. The van der Waals surface area contributed by atoms with Gasteiger partial charge in [0.2, 0.25) is 5.91 Å². The number of piperazine rings is 1. The van der Waals surface area contributed by atoms with Crippen molar-refractivity contribution in [2.75, 3.05) is 46.1 Å². The van der Waals surface area contributed by atoms with Crippen LogP contribution in [0.15, 0.2) is 59.8 Å². The maximum atomic E-state index is 12.7. The first-order chi connectivity index (χ1) is 16.5. The molecule has 1 saturated heterocycles. The lowest BCUT2D eigenvalue weighted by Gasteiger charge is -2.32. The Hall–Kier alpha value is -3.37. The van der Waals surface area contributed by atoms with E-state index in [1.807, 2.05) is 39.8 Å². The summed E-state index contributed by atoms with van der Waals surface area (Å²) in [5, 5.41) is 12.2. The van der Waals surface area contributed by atoms with Crippen LogP contribution in [0.5, 0.6) is 5.75 Å². The third kappa shape index (κ3) is 5.75. The summed E-state index contributed by atoms with van der Waals surface area (Å²) >= 11 is 1.36. The molecular weight excluding hydrogens is 452 g/mol. The molecule has 1 aromatic heterocycles. The molecule has 2 aromatic carbocycles. The molecule has 9 nitrogen and oxygen atoms in total. The molecule has 1 N–H and O–H groups in total. The number of nitrogens with zero attached hydrogens (tertiary/aromatic N) is 5. The standard InChI is InChI=1S/C24H28N6O3S/c1-28-12-14-29(15-13-28)22(31)17-34-24-27-26-21(30(24)19-6-4-3-5-7-19)16-25-23(32)18-8-10-20(33-2)11-9-18/h3-11H,12-17H2,1-2H3,(H,25,32). The van der Waals surface area contributed by atoms with E-state index in [1.54, 1.807) is 31.4 Å². The molecule has 1 aliphatic rings. The average molecular weight is 481 g/mol. The average Bonchev–Trinajstić information content (AvgIpc) is 3.29. The summed E-state index contributed by atoms with van der Waals surface area (Å²) in [6.45, 7) is 3.44. The molecule has 4 rings (SSSR count). The minimum atomic E-state index is -0.218. The van der Waals surface area contributed by atoms with Crippen LogP contribution in [0.25, 0.3) is 5.69 Å². The van der Waals surface area contributed by atoms with Crippen LogP contribution in [-0.2, 0) is 11.3 Å². The Morgan fingerprint density at radius 3 is 2.38 bits per heavy atom. The monoisotopic (exact) mass is 480 g/mol. The number of methoxy groups -OCH3 is 1. The molecule has 0 atom stereocenters. The van der Waals surface area contributed by atoms with Gasteiger partial charge in [-0.25, -0.2) is 0 Å². The molecule has 0 bridgehead atoms. The van der Waals surface area contributed by atoms with Crippen molar-refractivity contribution in [3.05, 3.63) is 66.0 Å². The number of carbonyl (C=O) groups is 2. The summed E-state index contributed by atoms with van der Waals surface area (Å²) in [6, 6.07) is 16.6. The molecule has 10 heteroatoms. The number of likely N-dealkylation sites (N-methyl/N-ethyl adjacent to an activating group) is 1. The van der Waals surface area contributed by atoms with Crippen molar-refractivity contribution < 1.29 is 14.3 Å². The van der Waals surface area contributed by atoms with Gasteiger partial charge in [-0.15, -0.1) is 10.2 Å². The van der Waals surface area contributed by atoms with Gasteiger partial charge in [-0.2, -0.15) is 0 Å². The fraction of sp³-hybridized carbons (Fsp3) is 0.333. The molecule has 0 saturated carbocycles. The van der Waals surface area contributed by atoms with Crippen LogP contribution in [0.1, 0.15) is 16.2 Å². The summed E-state index contributed by atoms with van der Waals surface area (Å²) in [6.07, 6.45) is 0. The van der Waals surface area contributed by atoms with E-state index in [0.29, 0.717) is 22.3 Å². The van der Waals surface area contributed by atoms with Crippen LogP contribution in [0.4, 0.5) is 0 Å². The van der Waals surface area contributed by atoms with E-state index in [9.17, 15) is 9.59 Å². The van der Waals surface area contributed by atoms with E-state index >= 15 is 0 Å². The molecular formula is C24H28N6O3S. The third-order valence-corrected chi connectivity index (χ3v) is 6.57. The lowest BCUT2D eigenvalue weighted by molar-refractivity contribution is -0.129. The van der Waals surface area contributed by atoms with Crippen LogP contribution in [0, 0.1) is 0 Å². The van der Waals surface area contributed by atoms with Crippen molar-refractivity contribution >= 4 is 23.6 Å². The van der Waals surface area contributed by atoms with Crippen LogP contribution in [-0.4, -0.2) is 82.5 Å². The van der Waals surface area contributed by atoms with Crippen molar-refractivity contribution in [2.45, 2.75) is 11.7 Å². The minimum absolute atomic E-state index is 0.0927. The molecule has 3 aromatic rings. The number of amides is 2. The van der Waals surface area contributed by atoms with Crippen molar-refractivity contribution in [3.8, 4) is 11.4 Å². The number of rotatable bonds is 8. The van der Waals surface area contributed by atoms with Gasteiger partial charge in [0.15, 0.2) is 11.0 Å². The van der Waals surface area contributed by atoms with Crippen molar-refractivity contribution in [2.24, 2.45) is 0 Å². The smallest absolute Gasteiger partial charge is 0.251 e. The first-order valence-electron chi connectivity index (χ1n) is 11.1. The van der Waals surface area contributed by atoms with E-state index in [0.717, 1.165) is 31.9 Å². The number of hydrogen-bond acceptors (Lipinski definition) is 7. The van der Waals surface area contributed by atoms with Gasteiger partial charge in [0, 0.05) is 37.4 Å². The highest BCUT2D eigenvalue weighted by atomic mass is 32.2. The Balaban J connectivity index is 1.46. The molecule has 1 aliphatic heterocycles. The van der Waals surface area contributed by atoms with Gasteiger partial charge >= 0.3 is 0 Å². The number of thioether (sulfide) groups is 1. The van der Waals surface area contributed by atoms with Crippen molar-refractivity contribution in [1.29, 1.82) is 0 Å². The molecule has 2 heterocycles. The van der Waals surface area contributed by atoms with E-state index in [4.69, 9.17) is 4.74 Å². The fourth-order valence-electron chi connectivity index (χ4n) is 3.62. The number of carbonyl (C=O) groups excluding carboxylic acids is 2. The lowest BCUT2D eigenvalue weighted by Crippen LogP contribution is -2.47. The highest BCUT2D eigenvalue weighted by Gasteiger charge is 2.21. The van der Waals surface area contributed by atoms with E-state index < -0.39 is 0 Å². The first-order valence-corrected chi connectivity index (χ1v) is 12.0. The Bertz CT molecular complexity index is 1110. The number of hydrogen-bond donors (Lipinski definition) is 1. The molecule has 34 heavy (non-hydrogen) atoms. The van der Waals surface area contributed by atoms with Gasteiger partial charge in [0.05, 0.1) is 19.4 Å². The summed E-state index contributed by atoms with van der Waals surface area (Å²) in [5.41, 5.74) is 1.40. The Kier molecular flexibility index (Phi) is 7.81. The van der Waals surface area contributed by atoms with Gasteiger partial charge in [-0.1, -0.05) is 30.0 Å². The molecule has 0 unspecified atom stereocenters. The topological polar surface area (TPSA) is 92.6 Å². The zero-order chi connectivity index (χ0) is 23.9. The largest absolute Gasteiger partial charge is 0.497 e. The normalized spacial score (nSPS) is 14.1. The Labute approximate surface area is 203 Å². The van der Waals surface area contributed by atoms with E-state index in [-0.39, 0.29) is 24.1 Å². The second kappa shape index (κ2) is 11.2. The van der Waals surface area contributed by atoms with Gasteiger partial charge < -0.3 is 19.9 Å². The second-order valence-electron chi connectivity index (χ2n) is 7.95. The van der Waals surface area contributed by atoms with E-state index in [2.05, 4.69) is 27.5 Å². The number of aromatic nitrogens is 3. The molecule has 0 aliphatic carbocycles. The summed E-state index contributed by atoms with van der Waals surface area (Å²) in [7, 11) is 3.65. The number of ether oxygens (including phenoxy) is 1. The molecule has 178 valence electrons. The molecule has 0 radical (unpaired) electrons. The van der Waals surface area contributed by atoms with Gasteiger partial charge in [-0.3, -0.25) is 14.2 Å². The second-order valence-corrected chi connectivity index (χ2v) is 8.90. The van der Waals surface area contributed by atoms with Gasteiger partial charge in [0.25, 0.3) is 5.91 Å². The van der Waals surface area contributed by atoms with Crippen molar-refractivity contribution in [3.63, 3.8) is 0 Å². The molecule has 0 spiro atoms. The van der Waals surface area contributed by atoms with E-state index in [1.165, 1.54) is 11.8 Å². The Morgan fingerprint density at radius 2 is 1.71 bits per heavy atom. The zero-order valence-corrected chi connectivity index (χ0v) is 20.1. The quantitative estimate of drug-likeness (QED) is 0.494. The summed E-state index contributed by atoms with van der Waals surface area (Å²) in [5.74, 6) is 1.43. The third-order valence-electron chi connectivity index (χ3n) is 5.65. The van der Waals surface area contributed by atoms with Crippen LogP contribution < -0.4 is 10.1 Å². The predicted molar refractivity (Wildman–Crippen MR) is 130 cm³/mol. The maximum Gasteiger partial charge on any atom is 0.251 e. The van der Waals surface area contributed by atoms with Crippen molar-refractivity contribution in [1.82, 2.24) is 29.9 Å². The highest BCUT2D eigenvalue weighted by molar-refractivity contribution is 7.99. The predicted octanol–water partition coefficient (Wildman–Crippen LogP) is 2.07. The minimum Gasteiger partial charge on any atom is -0.497 e. The van der Waals surface area contributed by atoms with Gasteiger partial charge in [-0.05, 0) is 43.4 Å². The van der Waals surface area contributed by atoms with Crippen LogP contribution >= 0.6 is 11.8 Å². The maximum absolute atomic E-state index is 12.7. The summed E-state index contributed by atoms with van der Waals surface area (Å²) < 4.78 is 7.03. The Morgan fingerprint density at radius 1 is 1.00 bits per heavy atom. The molecule has 1 fully saturated rings. The van der Waals surface area contributed by atoms with Crippen LogP contribution in [0.3, 0.4) is 0 Å². The fourth-order valence-corrected chi connectivity index (χ4v) is 4.50. The van der Waals surface area contributed by atoms with Crippen LogP contribution in [0.2, 0.25) is 0 Å². The molecule has 2 amide bonds. The van der Waals surface area contributed by atoms with Gasteiger partial charge in [0.1, 0.15) is 5.75 Å². The summed E-state index contributed by atoms with van der Waals surface area (Å²) in [4.78, 5) is 29.4.